The third kappa shape index (κ3) is 3.62. The number of pyridine rings is 1. The van der Waals surface area contributed by atoms with Crippen LogP contribution in [0.2, 0.25) is 0 Å². The van der Waals surface area contributed by atoms with Crippen molar-refractivity contribution in [2.24, 2.45) is 5.73 Å². The number of fused-ring (bicyclic) bond motifs is 1. The van der Waals surface area contributed by atoms with Crippen LogP contribution in [0.25, 0.3) is 22.2 Å². The van der Waals surface area contributed by atoms with Gasteiger partial charge in [-0.25, -0.2) is 0 Å². The fourth-order valence-corrected chi connectivity index (χ4v) is 3.47. The van der Waals surface area contributed by atoms with E-state index in [1.165, 1.54) is 4.90 Å². The van der Waals surface area contributed by atoms with Gasteiger partial charge in [0.15, 0.2) is 5.58 Å². The SMILES string of the molecule is CN(C)C(=O)c1ncccc1CC(N)c1ccccc1-c1noc2ccccc12. The normalized spacial score (nSPS) is 12.1. The van der Waals surface area contributed by atoms with Gasteiger partial charge in [-0.15, -0.1) is 0 Å². The third-order valence-electron chi connectivity index (χ3n) is 4.93. The van der Waals surface area contributed by atoms with Crippen molar-refractivity contribution in [3.63, 3.8) is 0 Å². The van der Waals surface area contributed by atoms with Crippen molar-refractivity contribution >= 4 is 16.9 Å². The predicted molar refractivity (Wildman–Crippen MR) is 112 cm³/mol. The second-order valence-electron chi connectivity index (χ2n) is 7.14. The van der Waals surface area contributed by atoms with Crippen LogP contribution in [0.1, 0.15) is 27.7 Å². The van der Waals surface area contributed by atoms with Gasteiger partial charge in [0.2, 0.25) is 0 Å². The van der Waals surface area contributed by atoms with Crippen LogP contribution in [0.4, 0.5) is 0 Å². The number of carbonyl (C=O) groups excluding carboxylic acids is 1. The van der Waals surface area contributed by atoms with E-state index in [0.29, 0.717) is 12.1 Å². The molecule has 0 aliphatic carbocycles. The maximum absolute atomic E-state index is 12.5. The van der Waals surface area contributed by atoms with Crippen LogP contribution < -0.4 is 5.73 Å². The van der Waals surface area contributed by atoms with Crippen LogP contribution in [0.5, 0.6) is 0 Å². The molecule has 0 bridgehead atoms. The average molecular weight is 386 g/mol. The van der Waals surface area contributed by atoms with Crippen LogP contribution >= 0.6 is 0 Å². The first-order valence-corrected chi connectivity index (χ1v) is 9.41. The van der Waals surface area contributed by atoms with Crippen molar-refractivity contribution in [3.8, 4) is 11.3 Å². The second kappa shape index (κ2) is 7.85. The molecule has 2 aromatic heterocycles. The number of para-hydroxylation sites is 1. The summed E-state index contributed by atoms with van der Waals surface area (Å²) in [6, 6.07) is 19.0. The molecule has 2 heterocycles. The smallest absolute Gasteiger partial charge is 0.272 e. The minimum absolute atomic E-state index is 0.136. The summed E-state index contributed by atoms with van der Waals surface area (Å²) in [7, 11) is 3.43. The summed E-state index contributed by atoms with van der Waals surface area (Å²) in [6.45, 7) is 0. The summed E-state index contributed by atoms with van der Waals surface area (Å²) in [5.41, 5.74) is 11.2. The first-order valence-electron chi connectivity index (χ1n) is 9.41. The fourth-order valence-electron chi connectivity index (χ4n) is 3.47. The van der Waals surface area contributed by atoms with E-state index in [-0.39, 0.29) is 11.9 Å². The highest BCUT2D eigenvalue weighted by molar-refractivity contribution is 5.94. The Hall–Kier alpha value is -3.51. The summed E-state index contributed by atoms with van der Waals surface area (Å²) in [5, 5.41) is 5.22. The molecule has 0 aliphatic rings. The number of aromatic nitrogens is 2. The van der Waals surface area contributed by atoms with E-state index in [1.54, 1.807) is 20.3 Å². The molecule has 0 saturated heterocycles. The Bertz CT molecular complexity index is 1170. The number of hydrogen-bond acceptors (Lipinski definition) is 5. The lowest BCUT2D eigenvalue weighted by Crippen LogP contribution is -2.25. The number of amides is 1. The van der Waals surface area contributed by atoms with Gasteiger partial charge in [0.1, 0.15) is 11.4 Å². The molecule has 0 radical (unpaired) electrons. The van der Waals surface area contributed by atoms with E-state index in [0.717, 1.165) is 33.4 Å². The van der Waals surface area contributed by atoms with Gasteiger partial charge in [-0.2, -0.15) is 0 Å². The molecule has 6 heteroatoms. The number of hydrogen-bond donors (Lipinski definition) is 1. The minimum Gasteiger partial charge on any atom is -0.356 e. The van der Waals surface area contributed by atoms with E-state index in [4.69, 9.17) is 10.3 Å². The molecule has 0 aliphatic heterocycles. The molecule has 6 nitrogen and oxygen atoms in total. The van der Waals surface area contributed by atoms with Crippen molar-refractivity contribution < 1.29 is 9.32 Å². The number of rotatable bonds is 5. The molecule has 0 saturated carbocycles. The van der Waals surface area contributed by atoms with Crippen molar-refractivity contribution in [1.82, 2.24) is 15.0 Å². The molecular formula is C23H22N4O2. The summed E-state index contributed by atoms with van der Waals surface area (Å²) < 4.78 is 5.48. The second-order valence-corrected chi connectivity index (χ2v) is 7.14. The molecule has 29 heavy (non-hydrogen) atoms. The largest absolute Gasteiger partial charge is 0.356 e. The Labute approximate surface area is 168 Å². The molecule has 1 atom stereocenters. The molecular weight excluding hydrogens is 364 g/mol. The fraction of sp³-hybridized carbons (Fsp3) is 0.174. The number of carbonyl (C=O) groups is 1. The third-order valence-corrected chi connectivity index (χ3v) is 4.93. The van der Waals surface area contributed by atoms with Gasteiger partial charge in [-0.3, -0.25) is 9.78 Å². The molecule has 2 aromatic carbocycles. The summed E-state index contributed by atoms with van der Waals surface area (Å²) in [4.78, 5) is 18.3. The summed E-state index contributed by atoms with van der Waals surface area (Å²) in [5.74, 6) is -0.136. The number of nitrogens with two attached hydrogens (primary N) is 1. The summed E-state index contributed by atoms with van der Waals surface area (Å²) >= 11 is 0. The van der Waals surface area contributed by atoms with Gasteiger partial charge in [0.25, 0.3) is 5.91 Å². The van der Waals surface area contributed by atoms with Crippen molar-refractivity contribution in [3.05, 3.63) is 83.7 Å². The monoisotopic (exact) mass is 386 g/mol. The zero-order valence-electron chi connectivity index (χ0n) is 16.4. The van der Waals surface area contributed by atoms with E-state index in [2.05, 4.69) is 10.1 Å². The highest BCUT2D eigenvalue weighted by atomic mass is 16.5. The lowest BCUT2D eigenvalue weighted by molar-refractivity contribution is 0.0820. The van der Waals surface area contributed by atoms with Gasteiger partial charge in [-0.05, 0) is 35.7 Å². The Morgan fingerprint density at radius 3 is 2.66 bits per heavy atom. The average Bonchev–Trinajstić information content (AvgIpc) is 3.17. The van der Waals surface area contributed by atoms with E-state index in [1.807, 2.05) is 60.7 Å². The minimum atomic E-state index is -0.334. The zero-order chi connectivity index (χ0) is 20.4. The molecule has 2 N–H and O–H groups in total. The zero-order valence-corrected chi connectivity index (χ0v) is 16.4. The van der Waals surface area contributed by atoms with Gasteiger partial charge in [0, 0.05) is 37.3 Å². The van der Waals surface area contributed by atoms with Crippen LogP contribution in [-0.4, -0.2) is 35.0 Å². The summed E-state index contributed by atoms with van der Waals surface area (Å²) in [6.07, 6.45) is 2.11. The van der Waals surface area contributed by atoms with Crippen LogP contribution in [0.3, 0.4) is 0 Å². The molecule has 4 aromatic rings. The van der Waals surface area contributed by atoms with Crippen LogP contribution in [-0.2, 0) is 6.42 Å². The van der Waals surface area contributed by atoms with Crippen LogP contribution in [0.15, 0.2) is 71.4 Å². The molecule has 146 valence electrons. The molecule has 1 unspecified atom stereocenters. The first-order chi connectivity index (χ1) is 14.1. The highest BCUT2D eigenvalue weighted by Crippen LogP contribution is 2.33. The lowest BCUT2D eigenvalue weighted by atomic mass is 9.92. The molecule has 0 fully saturated rings. The highest BCUT2D eigenvalue weighted by Gasteiger charge is 2.21. The van der Waals surface area contributed by atoms with Crippen molar-refractivity contribution in [1.29, 1.82) is 0 Å². The first kappa shape index (κ1) is 18.8. The number of nitrogens with zero attached hydrogens (tertiary/aromatic N) is 3. The topological polar surface area (TPSA) is 85.2 Å². The Morgan fingerprint density at radius 2 is 1.83 bits per heavy atom. The quantitative estimate of drug-likeness (QED) is 0.563. The Morgan fingerprint density at radius 1 is 1.07 bits per heavy atom. The lowest BCUT2D eigenvalue weighted by Gasteiger charge is -2.18. The van der Waals surface area contributed by atoms with Gasteiger partial charge >= 0.3 is 0 Å². The maximum atomic E-state index is 12.5. The standard InChI is InChI=1S/C23H22N4O2/c1-27(2)23(28)21-15(8-7-13-25-21)14-19(24)16-9-3-4-10-17(16)22-18-11-5-6-12-20(18)29-26-22/h3-13,19H,14,24H2,1-2H3. The van der Waals surface area contributed by atoms with Crippen LogP contribution in [0, 0.1) is 0 Å². The van der Waals surface area contributed by atoms with Gasteiger partial charge < -0.3 is 15.2 Å². The van der Waals surface area contributed by atoms with E-state index >= 15 is 0 Å². The van der Waals surface area contributed by atoms with E-state index < -0.39 is 0 Å². The van der Waals surface area contributed by atoms with Crippen molar-refractivity contribution in [2.45, 2.75) is 12.5 Å². The molecule has 4 rings (SSSR count). The maximum Gasteiger partial charge on any atom is 0.272 e. The Kier molecular flexibility index (Phi) is 5.10. The van der Waals surface area contributed by atoms with E-state index in [9.17, 15) is 4.79 Å². The van der Waals surface area contributed by atoms with Gasteiger partial charge in [0.05, 0.1) is 0 Å². The molecule has 0 spiro atoms. The Balaban J connectivity index is 1.72. The van der Waals surface area contributed by atoms with Gasteiger partial charge in [-0.1, -0.05) is 47.6 Å². The van der Waals surface area contributed by atoms with Crippen molar-refractivity contribution in [2.75, 3.05) is 14.1 Å². The number of benzene rings is 2. The molecule has 1 amide bonds. The predicted octanol–water partition coefficient (Wildman–Crippen LogP) is 3.83.